The van der Waals surface area contributed by atoms with E-state index in [1.54, 1.807) is 6.92 Å². The molecule has 1 rings (SSSR count). The van der Waals surface area contributed by atoms with Gasteiger partial charge in [0.25, 0.3) is 0 Å². The smallest absolute Gasteiger partial charge is 0.346 e. The standard InChI is InChI=1S/C13H21NO4S2/c1-5-8(2)6-10(4)14-20(17,18)11-7-9(3)12(19-11)13(15)16/h7-8,10,14H,5-6H2,1-4H3,(H,15,16). The van der Waals surface area contributed by atoms with Crippen molar-refractivity contribution < 1.29 is 18.3 Å². The molecule has 0 saturated heterocycles. The number of aromatic carboxylic acids is 1. The molecule has 0 amide bonds. The summed E-state index contributed by atoms with van der Waals surface area (Å²) in [7, 11) is -3.64. The van der Waals surface area contributed by atoms with E-state index in [4.69, 9.17) is 5.11 Å². The molecule has 0 aliphatic rings. The number of hydrogen-bond acceptors (Lipinski definition) is 4. The van der Waals surface area contributed by atoms with E-state index in [2.05, 4.69) is 18.6 Å². The van der Waals surface area contributed by atoms with Gasteiger partial charge < -0.3 is 5.11 Å². The molecule has 5 nitrogen and oxygen atoms in total. The summed E-state index contributed by atoms with van der Waals surface area (Å²) in [5, 5.41) is 8.97. The van der Waals surface area contributed by atoms with Crippen LogP contribution in [0.1, 0.15) is 48.8 Å². The highest BCUT2D eigenvalue weighted by molar-refractivity contribution is 7.91. The minimum absolute atomic E-state index is 0.0587. The van der Waals surface area contributed by atoms with Crippen molar-refractivity contribution in [1.29, 1.82) is 0 Å². The molecule has 114 valence electrons. The molecule has 1 aromatic rings. The summed E-state index contributed by atoms with van der Waals surface area (Å²) in [4.78, 5) is 11.0. The fourth-order valence-electron chi connectivity index (χ4n) is 1.94. The SMILES string of the molecule is CCC(C)CC(C)NS(=O)(=O)c1cc(C)c(C(=O)O)s1. The maximum Gasteiger partial charge on any atom is 0.346 e. The Morgan fingerprint density at radius 2 is 2.05 bits per heavy atom. The molecule has 2 atom stereocenters. The Morgan fingerprint density at radius 3 is 2.50 bits per heavy atom. The van der Waals surface area contributed by atoms with Crippen LogP contribution in [0.5, 0.6) is 0 Å². The van der Waals surface area contributed by atoms with Gasteiger partial charge >= 0.3 is 5.97 Å². The minimum Gasteiger partial charge on any atom is -0.477 e. The van der Waals surface area contributed by atoms with Crippen molar-refractivity contribution in [2.75, 3.05) is 0 Å². The van der Waals surface area contributed by atoms with Crippen molar-refractivity contribution in [2.45, 2.75) is 50.8 Å². The van der Waals surface area contributed by atoms with E-state index in [1.165, 1.54) is 6.07 Å². The van der Waals surface area contributed by atoms with Gasteiger partial charge in [0.1, 0.15) is 9.09 Å². The van der Waals surface area contributed by atoms with Crippen molar-refractivity contribution in [3.63, 3.8) is 0 Å². The van der Waals surface area contributed by atoms with Gasteiger partial charge in [-0.3, -0.25) is 0 Å². The second-order valence-electron chi connectivity index (χ2n) is 5.15. The monoisotopic (exact) mass is 319 g/mol. The maximum absolute atomic E-state index is 12.2. The molecular formula is C13H21NO4S2. The summed E-state index contributed by atoms with van der Waals surface area (Å²) in [6.45, 7) is 7.56. The highest BCUT2D eigenvalue weighted by atomic mass is 32.2. The van der Waals surface area contributed by atoms with Crippen LogP contribution in [0.2, 0.25) is 0 Å². The van der Waals surface area contributed by atoms with Gasteiger partial charge in [-0.15, -0.1) is 11.3 Å². The summed E-state index contributed by atoms with van der Waals surface area (Å²) in [6, 6.07) is 1.23. The van der Waals surface area contributed by atoms with Crippen molar-refractivity contribution in [3.8, 4) is 0 Å². The highest BCUT2D eigenvalue weighted by Crippen LogP contribution is 2.26. The van der Waals surface area contributed by atoms with Gasteiger partial charge in [0.05, 0.1) is 0 Å². The Bertz CT molecular complexity index is 577. The molecule has 0 saturated carbocycles. The first-order chi connectivity index (χ1) is 9.17. The van der Waals surface area contributed by atoms with Crippen LogP contribution < -0.4 is 4.72 Å². The lowest BCUT2D eigenvalue weighted by Gasteiger charge is -2.16. The van der Waals surface area contributed by atoms with Gasteiger partial charge in [0.15, 0.2) is 0 Å². The van der Waals surface area contributed by atoms with Crippen LogP contribution in [-0.4, -0.2) is 25.5 Å². The van der Waals surface area contributed by atoms with E-state index in [0.717, 1.165) is 24.2 Å². The molecule has 0 spiro atoms. The van der Waals surface area contributed by atoms with E-state index in [0.29, 0.717) is 11.5 Å². The summed E-state index contributed by atoms with van der Waals surface area (Å²) in [5.41, 5.74) is 0.470. The summed E-state index contributed by atoms with van der Waals surface area (Å²) >= 11 is 0.791. The van der Waals surface area contributed by atoms with Gasteiger partial charge in [-0.05, 0) is 37.8 Å². The second-order valence-corrected chi connectivity index (χ2v) is 8.15. The second kappa shape index (κ2) is 6.69. The largest absolute Gasteiger partial charge is 0.477 e. The van der Waals surface area contributed by atoms with Crippen molar-refractivity contribution in [2.24, 2.45) is 5.92 Å². The number of hydrogen-bond donors (Lipinski definition) is 2. The zero-order valence-corrected chi connectivity index (χ0v) is 13.8. The number of carboxylic acid groups (broad SMARTS) is 1. The van der Waals surface area contributed by atoms with Crippen LogP contribution >= 0.6 is 11.3 Å². The third-order valence-electron chi connectivity index (χ3n) is 3.16. The van der Waals surface area contributed by atoms with Crippen molar-refractivity contribution in [1.82, 2.24) is 4.72 Å². The van der Waals surface area contributed by atoms with Gasteiger partial charge in [-0.25, -0.2) is 17.9 Å². The van der Waals surface area contributed by atoms with Crippen molar-refractivity contribution in [3.05, 3.63) is 16.5 Å². The lowest BCUT2D eigenvalue weighted by Crippen LogP contribution is -2.33. The fourth-order valence-corrected chi connectivity index (χ4v) is 4.59. The first-order valence-electron chi connectivity index (χ1n) is 6.53. The predicted octanol–water partition coefficient (Wildman–Crippen LogP) is 2.86. The van der Waals surface area contributed by atoms with Crippen molar-refractivity contribution >= 4 is 27.3 Å². The molecule has 0 bridgehead atoms. The van der Waals surface area contributed by atoms with Gasteiger partial charge in [0, 0.05) is 6.04 Å². The van der Waals surface area contributed by atoms with E-state index < -0.39 is 16.0 Å². The van der Waals surface area contributed by atoms with Crippen LogP contribution in [0.15, 0.2) is 10.3 Å². The summed E-state index contributed by atoms with van der Waals surface area (Å²) in [6.07, 6.45) is 1.75. The van der Waals surface area contributed by atoms with E-state index >= 15 is 0 Å². The fraction of sp³-hybridized carbons (Fsp3) is 0.615. The number of carboxylic acids is 1. The molecular weight excluding hydrogens is 298 g/mol. The number of rotatable bonds is 7. The molecule has 1 heterocycles. The molecule has 1 aromatic heterocycles. The average Bonchev–Trinajstić information content (AvgIpc) is 2.71. The molecule has 0 aromatic carbocycles. The van der Waals surface area contributed by atoms with E-state index in [9.17, 15) is 13.2 Å². The molecule has 0 aliphatic carbocycles. The minimum atomic E-state index is -3.64. The molecule has 7 heteroatoms. The normalized spacial score (nSPS) is 15.0. The summed E-state index contributed by atoms with van der Waals surface area (Å²) in [5.74, 6) is -0.658. The Balaban J connectivity index is 2.89. The Kier molecular flexibility index (Phi) is 5.73. The Morgan fingerprint density at radius 1 is 1.45 bits per heavy atom. The number of sulfonamides is 1. The molecule has 0 aliphatic heterocycles. The van der Waals surface area contributed by atoms with Crippen LogP contribution in [0, 0.1) is 12.8 Å². The Labute approximate surface area is 124 Å². The molecule has 20 heavy (non-hydrogen) atoms. The predicted molar refractivity (Wildman–Crippen MR) is 79.9 cm³/mol. The zero-order valence-electron chi connectivity index (χ0n) is 12.1. The quantitative estimate of drug-likeness (QED) is 0.809. The number of thiophene rings is 1. The maximum atomic E-state index is 12.2. The van der Waals surface area contributed by atoms with E-state index in [-0.39, 0.29) is 15.1 Å². The van der Waals surface area contributed by atoms with Crippen LogP contribution in [0.4, 0.5) is 0 Å². The highest BCUT2D eigenvalue weighted by Gasteiger charge is 2.23. The molecule has 2 N–H and O–H groups in total. The van der Waals surface area contributed by atoms with Gasteiger partial charge in [-0.1, -0.05) is 20.3 Å². The van der Waals surface area contributed by atoms with E-state index in [1.807, 2.05) is 6.92 Å². The average molecular weight is 319 g/mol. The lowest BCUT2D eigenvalue weighted by atomic mass is 10.0. The van der Waals surface area contributed by atoms with Crippen LogP contribution in [0.3, 0.4) is 0 Å². The van der Waals surface area contributed by atoms with Crippen LogP contribution in [0.25, 0.3) is 0 Å². The first-order valence-corrected chi connectivity index (χ1v) is 8.83. The number of carbonyl (C=O) groups is 1. The Hall–Kier alpha value is -0.920. The zero-order chi connectivity index (χ0) is 15.5. The third-order valence-corrected chi connectivity index (χ3v) is 6.45. The molecule has 0 fully saturated rings. The van der Waals surface area contributed by atoms with Gasteiger partial charge in [-0.2, -0.15) is 0 Å². The lowest BCUT2D eigenvalue weighted by molar-refractivity contribution is 0.0701. The number of aryl methyl sites for hydroxylation is 1. The van der Waals surface area contributed by atoms with Crippen LogP contribution in [-0.2, 0) is 10.0 Å². The molecule has 0 radical (unpaired) electrons. The first kappa shape index (κ1) is 17.1. The topological polar surface area (TPSA) is 83.5 Å². The third kappa shape index (κ3) is 4.29. The summed E-state index contributed by atoms with van der Waals surface area (Å²) < 4.78 is 27.1. The number of nitrogens with one attached hydrogen (secondary N) is 1. The molecule has 2 unspecified atom stereocenters. The van der Waals surface area contributed by atoms with Gasteiger partial charge in [0.2, 0.25) is 10.0 Å².